The van der Waals surface area contributed by atoms with Gasteiger partial charge < -0.3 is 15.7 Å². The molecule has 8 rings (SSSR count). The number of hydrogen-bond donors (Lipinski definition) is 3. The van der Waals surface area contributed by atoms with Crippen molar-refractivity contribution in [1.82, 2.24) is 9.97 Å². The van der Waals surface area contributed by atoms with Crippen molar-refractivity contribution in [3.63, 3.8) is 0 Å². The second kappa shape index (κ2) is 16.3. The number of rotatable bonds is 4. The molecule has 46 heavy (non-hydrogen) atoms. The Morgan fingerprint density at radius 1 is 0.609 bits per heavy atom. The van der Waals surface area contributed by atoms with Crippen molar-refractivity contribution in [3.05, 3.63) is 141 Å². The fourth-order valence-electron chi connectivity index (χ4n) is 4.38. The molecule has 0 bridgehead atoms. The number of nitrogens with one attached hydrogen (secondary N) is 2. The van der Waals surface area contributed by atoms with Crippen molar-refractivity contribution in [2.24, 2.45) is 0 Å². The molecule has 0 saturated carbocycles. The number of nitriles is 1. The Hall–Kier alpha value is -4.31. The third-order valence-corrected chi connectivity index (χ3v) is 10.4. The van der Waals surface area contributed by atoms with Crippen LogP contribution in [0.2, 0.25) is 0 Å². The van der Waals surface area contributed by atoms with E-state index in [0.717, 1.165) is 37.4 Å². The Balaban J connectivity index is 0.000000164. The standard InChI is InChI=1S/2C17H12N2S2.CHNO.BrH/c2*1-3-8-14-12(6-1)18-16(20-14)10-5-11-17-19-13-7-2-4-9-15(13)21-17;2-1-3;/h2*1-11,18H;3H;1H. The van der Waals surface area contributed by atoms with Gasteiger partial charge >= 0.3 is 0 Å². The average Bonchev–Trinajstić information content (AvgIpc) is 3.85. The summed E-state index contributed by atoms with van der Waals surface area (Å²) < 4.78 is 2.45. The minimum atomic E-state index is 0. The van der Waals surface area contributed by atoms with E-state index >= 15 is 0 Å². The minimum absolute atomic E-state index is 0. The molecular weight excluding hydrogens is 715 g/mol. The lowest BCUT2D eigenvalue weighted by Gasteiger charge is -1.95. The summed E-state index contributed by atoms with van der Waals surface area (Å²) >= 11 is 6.94. The molecule has 0 radical (unpaired) electrons. The number of benzene rings is 4. The summed E-state index contributed by atoms with van der Waals surface area (Å²) in [5, 5.41) is 24.9. The molecule has 4 heterocycles. The van der Waals surface area contributed by atoms with E-state index in [1.807, 2.05) is 48.5 Å². The number of para-hydroxylation sites is 4. The van der Waals surface area contributed by atoms with Crippen LogP contribution in [0.4, 0.5) is 11.4 Å². The lowest BCUT2D eigenvalue weighted by molar-refractivity contribution is 0.503. The van der Waals surface area contributed by atoms with Gasteiger partial charge in [-0.15, -0.1) is 39.7 Å². The van der Waals surface area contributed by atoms with Crippen molar-refractivity contribution in [1.29, 1.82) is 5.26 Å². The number of thioether (sulfide) groups is 2. The van der Waals surface area contributed by atoms with E-state index in [1.54, 1.807) is 46.2 Å². The number of aliphatic hydroxyl groups is 1. The van der Waals surface area contributed by atoms with Crippen LogP contribution in [0.5, 0.6) is 0 Å². The zero-order chi connectivity index (χ0) is 30.8. The molecule has 6 nitrogen and oxygen atoms in total. The number of nitrogens with zero attached hydrogens (tertiary/aromatic N) is 3. The molecule has 0 spiro atoms. The van der Waals surface area contributed by atoms with E-state index in [2.05, 4.69) is 106 Å². The van der Waals surface area contributed by atoms with Crippen molar-refractivity contribution in [2.45, 2.75) is 9.79 Å². The lowest BCUT2D eigenvalue weighted by atomic mass is 10.3. The highest BCUT2D eigenvalue weighted by Crippen LogP contribution is 2.41. The maximum absolute atomic E-state index is 6.88. The van der Waals surface area contributed by atoms with Gasteiger partial charge in [-0.3, -0.25) is 0 Å². The van der Waals surface area contributed by atoms with Crippen LogP contribution >= 0.6 is 63.2 Å². The largest absolute Gasteiger partial charge is 0.443 e. The molecule has 2 aromatic heterocycles. The first-order valence-corrected chi connectivity index (χ1v) is 17.0. The number of allylic oxidation sites excluding steroid dienone is 4. The highest BCUT2D eigenvalue weighted by atomic mass is 79.9. The number of thiazole rings is 2. The van der Waals surface area contributed by atoms with Gasteiger partial charge in [0, 0.05) is 9.79 Å². The first-order valence-electron chi connectivity index (χ1n) is 13.8. The molecule has 0 saturated heterocycles. The average molecular weight is 741 g/mol. The molecule has 11 heteroatoms. The predicted octanol–water partition coefficient (Wildman–Crippen LogP) is 11.2. The monoisotopic (exact) mass is 739 g/mol. The quantitative estimate of drug-likeness (QED) is 0.154. The Morgan fingerprint density at radius 2 is 1.00 bits per heavy atom. The molecule has 0 fully saturated rings. The summed E-state index contributed by atoms with van der Waals surface area (Å²) in [6.07, 6.45) is 13.2. The van der Waals surface area contributed by atoms with Gasteiger partial charge in [0.1, 0.15) is 10.0 Å². The number of hydrogen-bond acceptors (Lipinski definition) is 10. The van der Waals surface area contributed by atoms with Crippen molar-refractivity contribution in [3.8, 4) is 6.26 Å². The third kappa shape index (κ3) is 8.48. The zero-order valence-electron chi connectivity index (χ0n) is 24.0. The van der Waals surface area contributed by atoms with E-state index < -0.39 is 0 Å². The highest BCUT2D eigenvalue weighted by Gasteiger charge is 2.14. The Morgan fingerprint density at radius 3 is 1.41 bits per heavy atom. The van der Waals surface area contributed by atoms with Gasteiger partial charge in [-0.1, -0.05) is 84.2 Å². The topological polar surface area (TPSA) is 93.9 Å². The molecule has 6 aromatic rings. The number of aliphatic hydroxyl groups excluding tert-OH is 1. The van der Waals surface area contributed by atoms with Crippen LogP contribution in [0, 0.1) is 11.5 Å². The van der Waals surface area contributed by atoms with Gasteiger partial charge in [0.05, 0.1) is 41.9 Å². The first-order chi connectivity index (χ1) is 22.2. The number of halogens is 1. The van der Waals surface area contributed by atoms with Gasteiger partial charge in [-0.25, -0.2) is 9.97 Å². The molecule has 3 N–H and O–H groups in total. The SMILES string of the molecule is Br.C(=Cc1nc2ccccc2s1)C=C1Nc2ccccc2S1.C(=Cc1nc2ccccc2s1)C=C1Nc2ccccc2S1.N#CO. The van der Waals surface area contributed by atoms with Crippen LogP contribution in [0.3, 0.4) is 0 Å². The van der Waals surface area contributed by atoms with Gasteiger partial charge in [0.2, 0.25) is 0 Å². The minimum Gasteiger partial charge on any atom is -0.443 e. The normalized spacial score (nSPS) is 14.5. The van der Waals surface area contributed by atoms with E-state index in [0.29, 0.717) is 0 Å². The Labute approximate surface area is 293 Å². The second-order valence-corrected chi connectivity index (χ2v) is 13.7. The lowest BCUT2D eigenvalue weighted by Crippen LogP contribution is -1.86. The van der Waals surface area contributed by atoms with Crippen LogP contribution in [-0.2, 0) is 0 Å². The summed E-state index contributed by atoms with van der Waals surface area (Å²) in [6.45, 7) is 0. The number of anilines is 2. The molecular formula is C35H26BrN5OS4. The molecule has 228 valence electrons. The Bertz CT molecular complexity index is 1860. The predicted molar refractivity (Wildman–Crippen MR) is 203 cm³/mol. The van der Waals surface area contributed by atoms with E-state index in [-0.39, 0.29) is 17.0 Å². The second-order valence-electron chi connectivity index (χ2n) is 9.37. The number of aromatic nitrogens is 2. The fraction of sp³-hybridized carbons (Fsp3) is 0. The third-order valence-electron chi connectivity index (χ3n) is 6.32. The first kappa shape index (κ1) is 33.1. The number of fused-ring (bicyclic) bond motifs is 4. The molecule has 4 aromatic carbocycles. The van der Waals surface area contributed by atoms with E-state index in [9.17, 15) is 0 Å². The highest BCUT2D eigenvalue weighted by molar-refractivity contribution is 8.93. The van der Waals surface area contributed by atoms with Gasteiger partial charge in [-0.05, 0) is 72.8 Å². The summed E-state index contributed by atoms with van der Waals surface area (Å²) in [4.78, 5) is 11.7. The molecule has 2 aliphatic rings. The van der Waals surface area contributed by atoms with Crippen LogP contribution in [0.1, 0.15) is 10.0 Å². The van der Waals surface area contributed by atoms with Crippen LogP contribution in [0.15, 0.2) is 141 Å². The summed E-state index contributed by atoms with van der Waals surface area (Å²) in [5.41, 5.74) is 4.50. The van der Waals surface area contributed by atoms with E-state index in [1.165, 1.54) is 30.6 Å². The summed E-state index contributed by atoms with van der Waals surface area (Å²) in [6, 6.07) is 33.1. The van der Waals surface area contributed by atoms with Crippen molar-refractivity contribution >= 4 is 107 Å². The van der Waals surface area contributed by atoms with Crippen molar-refractivity contribution in [2.75, 3.05) is 10.6 Å². The van der Waals surface area contributed by atoms with Gasteiger partial charge in [-0.2, -0.15) is 5.26 Å². The zero-order valence-corrected chi connectivity index (χ0v) is 29.0. The molecule has 0 unspecified atom stereocenters. The fourth-order valence-corrected chi connectivity index (χ4v) is 7.98. The molecule has 0 amide bonds. The summed E-state index contributed by atoms with van der Waals surface area (Å²) in [7, 11) is 0. The molecule has 2 aliphatic heterocycles. The summed E-state index contributed by atoms with van der Waals surface area (Å²) in [5.74, 6) is 0. The van der Waals surface area contributed by atoms with E-state index in [4.69, 9.17) is 10.4 Å². The van der Waals surface area contributed by atoms with Crippen LogP contribution in [0.25, 0.3) is 32.6 Å². The van der Waals surface area contributed by atoms with Gasteiger partial charge in [0.25, 0.3) is 6.26 Å². The maximum atomic E-state index is 6.88. The molecule has 0 aliphatic carbocycles. The maximum Gasteiger partial charge on any atom is 0.283 e. The van der Waals surface area contributed by atoms with Crippen LogP contribution in [-0.4, -0.2) is 15.1 Å². The smallest absolute Gasteiger partial charge is 0.283 e. The molecule has 0 atom stereocenters. The van der Waals surface area contributed by atoms with Crippen molar-refractivity contribution < 1.29 is 5.11 Å². The van der Waals surface area contributed by atoms with Crippen LogP contribution < -0.4 is 10.6 Å². The van der Waals surface area contributed by atoms with Gasteiger partial charge in [0.15, 0.2) is 0 Å². The Kier molecular flexibility index (Phi) is 11.7.